The molecule has 2 fully saturated rings. The molecule has 7 heteroatoms. The quantitative estimate of drug-likeness (QED) is 0.905. The number of nitrogens with zero attached hydrogens (tertiary/aromatic N) is 1. The maximum Gasteiger partial charge on any atom is 0.240 e. The normalized spacial score (nSPS) is 22.9. The summed E-state index contributed by atoms with van der Waals surface area (Å²) in [5.41, 5.74) is 0. The van der Waals surface area contributed by atoms with Crippen LogP contribution in [0.1, 0.15) is 25.7 Å². The second kappa shape index (κ2) is 5.40. The van der Waals surface area contributed by atoms with Crippen molar-refractivity contribution in [2.45, 2.75) is 42.7 Å². The van der Waals surface area contributed by atoms with Crippen LogP contribution in [0.4, 0.5) is 0 Å². The third kappa shape index (κ3) is 2.80. The fourth-order valence-corrected chi connectivity index (χ4v) is 4.47. The molecule has 1 saturated carbocycles. The molecule has 1 N–H and O–H groups in total. The van der Waals surface area contributed by atoms with Gasteiger partial charge in [0.2, 0.25) is 16.8 Å². The van der Waals surface area contributed by atoms with E-state index in [2.05, 4.69) is 9.62 Å². The summed E-state index contributed by atoms with van der Waals surface area (Å²) in [4.78, 5) is 2.71. The Hall–Kier alpha value is -1.31. The molecule has 1 aromatic rings. The first-order valence-electron chi connectivity index (χ1n) is 7.78. The van der Waals surface area contributed by atoms with Crippen LogP contribution < -0.4 is 14.2 Å². The predicted molar refractivity (Wildman–Crippen MR) is 80.5 cm³/mol. The second-order valence-electron chi connectivity index (χ2n) is 6.18. The molecule has 0 spiro atoms. The van der Waals surface area contributed by atoms with Gasteiger partial charge in [-0.3, -0.25) is 0 Å². The summed E-state index contributed by atoms with van der Waals surface area (Å²) in [5, 5.41) is 0. The number of piperidine rings is 1. The Morgan fingerprint density at radius 3 is 2.50 bits per heavy atom. The van der Waals surface area contributed by atoms with Crippen LogP contribution in [0.25, 0.3) is 0 Å². The third-order valence-corrected chi connectivity index (χ3v) is 6.09. The lowest BCUT2D eigenvalue weighted by molar-refractivity contribution is 0.174. The van der Waals surface area contributed by atoms with Crippen LogP contribution >= 0.6 is 0 Å². The maximum atomic E-state index is 12.5. The van der Waals surface area contributed by atoms with Gasteiger partial charge in [0.1, 0.15) is 0 Å². The van der Waals surface area contributed by atoms with E-state index in [0.29, 0.717) is 11.5 Å². The third-order valence-electron chi connectivity index (χ3n) is 4.57. The summed E-state index contributed by atoms with van der Waals surface area (Å²) in [7, 11) is -3.51. The topological polar surface area (TPSA) is 67.9 Å². The van der Waals surface area contributed by atoms with Crippen LogP contribution in [0, 0.1) is 0 Å². The summed E-state index contributed by atoms with van der Waals surface area (Å²) in [6.45, 7) is 2.11. The van der Waals surface area contributed by atoms with Crippen molar-refractivity contribution in [2.75, 3.05) is 19.9 Å². The van der Waals surface area contributed by atoms with Crippen molar-refractivity contribution >= 4 is 10.0 Å². The van der Waals surface area contributed by atoms with Gasteiger partial charge in [0.05, 0.1) is 4.90 Å². The Kier molecular flexibility index (Phi) is 3.51. The highest BCUT2D eigenvalue weighted by Gasteiger charge is 2.33. The van der Waals surface area contributed by atoms with Gasteiger partial charge in [-0.15, -0.1) is 0 Å². The number of hydrogen-bond acceptors (Lipinski definition) is 5. The largest absolute Gasteiger partial charge is 0.454 e. The molecule has 3 aliphatic rings. The molecule has 2 aliphatic heterocycles. The average Bonchev–Trinajstić information content (AvgIpc) is 3.25. The second-order valence-corrected chi connectivity index (χ2v) is 7.89. The lowest BCUT2D eigenvalue weighted by Crippen LogP contribution is -2.45. The molecule has 1 aliphatic carbocycles. The summed E-state index contributed by atoms with van der Waals surface area (Å²) < 4.78 is 38.3. The van der Waals surface area contributed by atoms with Crippen molar-refractivity contribution in [3.05, 3.63) is 18.2 Å². The molecule has 0 bridgehead atoms. The number of benzene rings is 1. The van der Waals surface area contributed by atoms with Crippen molar-refractivity contribution in [3.8, 4) is 11.5 Å². The van der Waals surface area contributed by atoms with Crippen LogP contribution in [0.5, 0.6) is 11.5 Å². The number of nitrogens with one attached hydrogen (secondary N) is 1. The van der Waals surface area contributed by atoms with Gasteiger partial charge >= 0.3 is 0 Å². The van der Waals surface area contributed by atoms with E-state index in [4.69, 9.17) is 9.47 Å². The lowest BCUT2D eigenvalue weighted by atomic mass is 10.1. The molecule has 1 saturated heterocycles. The molecule has 0 unspecified atom stereocenters. The number of ether oxygens (including phenoxy) is 2. The zero-order valence-corrected chi connectivity index (χ0v) is 13.1. The maximum absolute atomic E-state index is 12.5. The van der Waals surface area contributed by atoms with Gasteiger partial charge in [-0.25, -0.2) is 13.1 Å². The highest BCUT2D eigenvalue weighted by molar-refractivity contribution is 7.89. The number of fused-ring (bicyclic) bond motifs is 1. The van der Waals surface area contributed by atoms with E-state index >= 15 is 0 Å². The minimum atomic E-state index is -3.51. The molecule has 2 heterocycles. The Morgan fingerprint density at radius 1 is 1.05 bits per heavy atom. The van der Waals surface area contributed by atoms with Gasteiger partial charge in [0.25, 0.3) is 0 Å². The van der Waals surface area contributed by atoms with Gasteiger partial charge < -0.3 is 14.4 Å². The Balaban J connectivity index is 1.43. The number of sulfonamides is 1. The predicted octanol–water partition coefficient (Wildman–Crippen LogP) is 1.32. The van der Waals surface area contributed by atoms with Crippen molar-refractivity contribution in [1.82, 2.24) is 9.62 Å². The summed E-state index contributed by atoms with van der Waals surface area (Å²) >= 11 is 0. The first-order valence-corrected chi connectivity index (χ1v) is 9.26. The molecule has 120 valence electrons. The molecule has 4 rings (SSSR count). The smallest absolute Gasteiger partial charge is 0.240 e. The molecule has 6 nitrogen and oxygen atoms in total. The first-order chi connectivity index (χ1) is 10.6. The van der Waals surface area contributed by atoms with E-state index in [1.54, 1.807) is 12.1 Å². The van der Waals surface area contributed by atoms with E-state index in [1.165, 1.54) is 18.9 Å². The van der Waals surface area contributed by atoms with Gasteiger partial charge in [-0.05, 0) is 50.9 Å². The van der Waals surface area contributed by atoms with E-state index in [0.717, 1.165) is 32.0 Å². The van der Waals surface area contributed by atoms with Crippen LogP contribution in [-0.4, -0.2) is 45.3 Å². The zero-order valence-electron chi connectivity index (χ0n) is 12.3. The monoisotopic (exact) mass is 324 g/mol. The van der Waals surface area contributed by atoms with Gasteiger partial charge in [0.15, 0.2) is 11.5 Å². The number of hydrogen-bond donors (Lipinski definition) is 1. The van der Waals surface area contributed by atoms with Crippen molar-refractivity contribution in [1.29, 1.82) is 0 Å². The average molecular weight is 324 g/mol. The number of rotatable bonds is 4. The fraction of sp³-hybridized carbons (Fsp3) is 0.600. The first kappa shape index (κ1) is 14.3. The molecule has 0 atom stereocenters. The molecule has 0 aromatic heterocycles. The minimum Gasteiger partial charge on any atom is -0.454 e. The van der Waals surface area contributed by atoms with E-state index in [9.17, 15) is 8.42 Å². The molecule has 0 radical (unpaired) electrons. The standard InChI is InChI=1S/C15H20N2O4S/c18-22(19,13-3-4-14-15(9-13)21-10-20-14)16-11-5-7-17(8-6-11)12-1-2-12/h3-4,9,11-12,16H,1-2,5-8,10H2. The minimum absolute atomic E-state index is 0.0189. The summed E-state index contributed by atoms with van der Waals surface area (Å²) in [6, 6.07) is 5.52. The van der Waals surface area contributed by atoms with E-state index in [-0.39, 0.29) is 17.7 Å². The Morgan fingerprint density at radius 2 is 1.77 bits per heavy atom. The van der Waals surface area contributed by atoms with Crippen LogP contribution in [0.2, 0.25) is 0 Å². The Bertz CT molecular complexity index is 664. The molecule has 22 heavy (non-hydrogen) atoms. The summed E-state index contributed by atoms with van der Waals surface area (Å²) in [6.07, 6.45) is 4.35. The highest BCUT2D eigenvalue weighted by atomic mass is 32.2. The molecular weight excluding hydrogens is 304 g/mol. The fourth-order valence-electron chi connectivity index (χ4n) is 3.15. The summed E-state index contributed by atoms with van der Waals surface area (Å²) in [5.74, 6) is 1.09. The van der Waals surface area contributed by atoms with Crippen LogP contribution in [-0.2, 0) is 10.0 Å². The van der Waals surface area contributed by atoms with Crippen LogP contribution in [0.15, 0.2) is 23.1 Å². The van der Waals surface area contributed by atoms with Crippen LogP contribution in [0.3, 0.4) is 0 Å². The van der Waals surface area contributed by atoms with Crippen molar-refractivity contribution in [2.24, 2.45) is 0 Å². The highest BCUT2D eigenvalue weighted by Crippen LogP contribution is 2.34. The number of likely N-dealkylation sites (tertiary alicyclic amines) is 1. The van der Waals surface area contributed by atoms with Gasteiger partial charge in [-0.1, -0.05) is 0 Å². The molecule has 0 amide bonds. The Labute approximate surface area is 130 Å². The zero-order chi connectivity index (χ0) is 15.2. The van der Waals surface area contributed by atoms with E-state index in [1.807, 2.05) is 0 Å². The van der Waals surface area contributed by atoms with Crippen molar-refractivity contribution in [3.63, 3.8) is 0 Å². The molecule has 1 aromatic carbocycles. The van der Waals surface area contributed by atoms with Gasteiger partial charge in [0, 0.05) is 18.2 Å². The van der Waals surface area contributed by atoms with E-state index < -0.39 is 10.0 Å². The molecular formula is C15H20N2O4S. The van der Waals surface area contributed by atoms with Gasteiger partial charge in [-0.2, -0.15) is 0 Å². The van der Waals surface area contributed by atoms with Crippen molar-refractivity contribution < 1.29 is 17.9 Å². The SMILES string of the molecule is O=S(=O)(NC1CCN(C2CC2)CC1)c1ccc2c(c1)OCO2. The lowest BCUT2D eigenvalue weighted by Gasteiger charge is -2.32.